The Bertz CT molecular complexity index is 602. The molecule has 3 rings (SSSR count). The molecular formula is C14H19FN2O4S. The van der Waals surface area contributed by atoms with E-state index in [2.05, 4.69) is 0 Å². The van der Waals surface area contributed by atoms with Crippen molar-refractivity contribution in [1.82, 2.24) is 8.61 Å². The fraction of sp³-hybridized carbons (Fsp3) is 0.571. The number of hydrogen-bond acceptors (Lipinski definition) is 4. The highest BCUT2D eigenvalue weighted by Gasteiger charge is 2.35. The van der Waals surface area contributed by atoms with Gasteiger partial charge in [-0.15, -0.1) is 0 Å². The Kier molecular flexibility index (Phi) is 4.74. The summed E-state index contributed by atoms with van der Waals surface area (Å²) in [6, 6.07) is 5.97. The molecule has 0 amide bonds. The fourth-order valence-corrected chi connectivity index (χ4v) is 4.22. The minimum atomic E-state index is -3.50. The molecule has 1 atom stereocenters. The molecule has 2 aliphatic rings. The van der Waals surface area contributed by atoms with Crippen molar-refractivity contribution in [1.29, 1.82) is 0 Å². The number of benzene rings is 1. The highest BCUT2D eigenvalue weighted by molar-refractivity contribution is 7.86. The number of rotatable bonds is 3. The smallest absolute Gasteiger partial charge is 0.282 e. The van der Waals surface area contributed by atoms with Crippen molar-refractivity contribution in [3.8, 4) is 0 Å². The normalized spacial score (nSPS) is 25.2. The van der Waals surface area contributed by atoms with Crippen molar-refractivity contribution in [2.24, 2.45) is 0 Å². The van der Waals surface area contributed by atoms with Crippen molar-refractivity contribution < 1.29 is 22.3 Å². The van der Waals surface area contributed by atoms with Gasteiger partial charge in [0.15, 0.2) is 0 Å². The molecule has 2 heterocycles. The average molecular weight is 330 g/mol. The Morgan fingerprint density at radius 2 is 1.64 bits per heavy atom. The van der Waals surface area contributed by atoms with Gasteiger partial charge in [-0.3, -0.25) is 0 Å². The molecule has 0 saturated carbocycles. The predicted octanol–water partition coefficient (Wildman–Crippen LogP) is 0.776. The molecule has 6 nitrogen and oxygen atoms in total. The average Bonchev–Trinajstić information content (AvgIpc) is 2.56. The van der Waals surface area contributed by atoms with Gasteiger partial charge in [-0.05, 0) is 17.7 Å². The van der Waals surface area contributed by atoms with Crippen LogP contribution in [0.2, 0.25) is 0 Å². The van der Waals surface area contributed by atoms with E-state index in [1.807, 2.05) is 0 Å². The molecule has 1 aromatic rings. The van der Waals surface area contributed by atoms with Crippen LogP contribution in [0.1, 0.15) is 11.7 Å². The highest BCUT2D eigenvalue weighted by atomic mass is 32.2. The molecule has 0 N–H and O–H groups in total. The summed E-state index contributed by atoms with van der Waals surface area (Å²) in [4.78, 5) is 0. The summed E-state index contributed by atoms with van der Waals surface area (Å²) in [6.07, 6.45) is -0.370. The second-order valence-corrected chi connectivity index (χ2v) is 7.22. The Balaban J connectivity index is 1.73. The van der Waals surface area contributed by atoms with Crippen molar-refractivity contribution >= 4 is 10.2 Å². The third kappa shape index (κ3) is 3.31. The number of hydrogen-bond donors (Lipinski definition) is 0. The number of nitrogens with zero attached hydrogens (tertiary/aromatic N) is 2. The predicted molar refractivity (Wildman–Crippen MR) is 78.0 cm³/mol. The summed E-state index contributed by atoms with van der Waals surface area (Å²) in [7, 11) is -3.50. The number of ether oxygens (including phenoxy) is 2. The maximum Gasteiger partial charge on any atom is 0.282 e. The third-order valence-electron chi connectivity index (χ3n) is 3.89. The number of morpholine rings is 2. The minimum absolute atomic E-state index is 0.241. The molecule has 2 fully saturated rings. The van der Waals surface area contributed by atoms with Gasteiger partial charge in [0.1, 0.15) is 5.82 Å². The first-order valence-corrected chi connectivity index (χ1v) is 8.67. The van der Waals surface area contributed by atoms with Crippen LogP contribution in [0, 0.1) is 5.82 Å². The largest absolute Gasteiger partial charge is 0.379 e. The molecule has 8 heteroatoms. The van der Waals surface area contributed by atoms with Crippen molar-refractivity contribution in [3.63, 3.8) is 0 Å². The van der Waals surface area contributed by atoms with Gasteiger partial charge in [-0.1, -0.05) is 12.1 Å². The van der Waals surface area contributed by atoms with Crippen LogP contribution in [0.4, 0.5) is 4.39 Å². The van der Waals surface area contributed by atoms with Gasteiger partial charge >= 0.3 is 0 Å². The molecule has 0 radical (unpaired) electrons. The van der Waals surface area contributed by atoms with Crippen LogP contribution in [0.15, 0.2) is 24.3 Å². The lowest BCUT2D eigenvalue weighted by Gasteiger charge is -2.36. The standard InChI is InChI=1S/C14H19FN2O4S/c15-13-3-1-12(2-4-13)14-11-17(7-10-21-14)22(18,19)16-5-8-20-9-6-16/h1-4,14H,5-11H2. The Morgan fingerprint density at radius 3 is 2.32 bits per heavy atom. The van der Waals surface area contributed by atoms with E-state index >= 15 is 0 Å². The molecule has 0 spiro atoms. The quantitative estimate of drug-likeness (QED) is 0.822. The summed E-state index contributed by atoms with van der Waals surface area (Å²) < 4.78 is 52.0. The van der Waals surface area contributed by atoms with Crippen LogP contribution in [-0.4, -0.2) is 63.0 Å². The Hall–Kier alpha value is -1.06. The zero-order valence-electron chi connectivity index (χ0n) is 12.2. The van der Waals surface area contributed by atoms with E-state index in [0.717, 1.165) is 5.56 Å². The molecule has 0 aromatic heterocycles. The molecule has 122 valence electrons. The van der Waals surface area contributed by atoms with Crippen molar-refractivity contribution in [3.05, 3.63) is 35.6 Å². The first-order valence-electron chi connectivity index (χ1n) is 7.27. The van der Waals surface area contributed by atoms with Gasteiger partial charge in [-0.2, -0.15) is 17.0 Å². The van der Waals surface area contributed by atoms with Crippen LogP contribution in [0.3, 0.4) is 0 Å². The van der Waals surface area contributed by atoms with Gasteiger partial charge in [0.2, 0.25) is 0 Å². The molecular weight excluding hydrogens is 311 g/mol. The fourth-order valence-electron chi connectivity index (χ4n) is 2.65. The Labute approximate surface area is 129 Å². The van der Waals surface area contributed by atoms with E-state index in [1.165, 1.54) is 20.7 Å². The lowest BCUT2D eigenvalue weighted by Crippen LogP contribution is -2.52. The van der Waals surface area contributed by atoms with Crippen molar-refractivity contribution in [2.45, 2.75) is 6.10 Å². The summed E-state index contributed by atoms with van der Waals surface area (Å²) in [5.74, 6) is -0.322. The molecule has 2 saturated heterocycles. The second kappa shape index (κ2) is 6.59. The van der Waals surface area contributed by atoms with E-state index in [0.29, 0.717) is 39.5 Å². The molecule has 0 bridgehead atoms. The summed E-state index contributed by atoms with van der Waals surface area (Å²) >= 11 is 0. The SMILES string of the molecule is O=S(=O)(N1CCOCC1)N1CCOC(c2ccc(F)cc2)C1. The van der Waals surface area contributed by atoms with Gasteiger partial charge in [0.05, 0.1) is 25.9 Å². The molecule has 1 unspecified atom stereocenters. The maximum atomic E-state index is 13.0. The van der Waals surface area contributed by atoms with Gasteiger partial charge in [0, 0.05) is 26.2 Å². The topological polar surface area (TPSA) is 59.1 Å². The molecule has 2 aliphatic heterocycles. The summed E-state index contributed by atoms with van der Waals surface area (Å²) in [5, 5.41) is 0. The zero-order valence-corrected chi connectivity index (χ0v) is 13.0. The monoisotopic (exact) mass is 330 g/mol. The van der Waals surface area contributed by atoms with Gasteiger partial charge in [-0.25, -0.2) is 4.39 Å². The molecule has 22 heavy (non-hydrogen) atoms. The minimum Gasteiger partial charge on any atom is -0.379 e. The van der Waals surface area contributed by atoms with Gasteiger partial charge in [0.25, 0.3) is 10.2 Å². The van der Waals surface area contributed by atoms with E-state index in [1.54, 1.807) is 12.1 Å². The van der Waals surface area contributed by atoms with Crippen LogP contribution < -0.4 is 0 Å². The Morgan fingerprint density at radius 1 is 1.00 bits per heavy atom. The van der Waals surface area contributed by atoms with Crippen LogP contribution >= 0.6 is 0 Å². The second-order valence-electron chi connectivity index (χ2n) is 5.29. The lowest BCUT2D eigenvalue weighted by atomic mass is 10.1. The lowest BCUT2D eigenvalue weighted by molar-refractivity contribution is -0.00621. The first kappa shape index (κ1) is 15.8. The molecule has 0 aliphatic carbocycles. The van der Waals surface area contributed by atoms with Crippen LogP contribution in [0.25, 0.3) is 0 Å². The van der Waals surface area contributed by atoms with E-state index in [4.69, 9.17) is 9.47 Å². The summed E-state index contributed by atoms with van der Waals surface area (Å²) in [6.45, 7) is 2.49. The highest BCUT2D eigenvalue weighted by Crippen LogP contribution is 2.25. The summed E-state index contributed by atoms with van der Waals surface area (Å²) in [5.41, 5.74) is 0.781. The van der Waals surface area contributed by atoms with Crippen LogP contribution in [0.5, 0.6) is 0 Å². The maximum absolute atomic E-state index is 13.0. The van der Waals surface area contributed by atoms with Gasteiger partial charge < -0.3 is 9.47 Å². The molecule has 1 aromatic carbocycles. The van der Waals surface area contributed by atoms with E-state index in [9.17, 15) is 12.8 Å². The van der Waals surface area contributed by atoms with E-state index < -0.39 is 10.2 Å². The van der Waals surface area contributed by atoms with Crippen molar-refractivity contribution in [2.75, 3.05) is 46.0 Å². The first-order chi connectivity index (χ1) is 10.6. The van der Waals surface area contributed by atoms with E-state index in [-0.39, 0.29) is 18.5 Å². The van der Waals surface area contributed by atoms with Crippen LogP contribution in [-0.2, 0) is 19.7 Å². The zero-order chi connectivity index (χ0) is 15.6. The number of halogens is 1. The third-order valence-corrected chi connectivity index (χ3v) is 5.90.